The minimum absolute atomic E-state index is 0.0652. The number of rotatable bonds is 3. The number of nitrogens with zero attached hydrogens (tertiary/aromatic N) is 1. The van der Waals surface area contributed by atoms with Crippen LogP contribution in [0.2, 0.25) is 0 Å². The van der Waals surface area contributed by atoms with Crippen LogP contribution in [0.4, 0.5) is 4.79 Å². The summed E-state index contributed by atoms with van der Waals surface area (Å²) in [6, 6.07) is -1.58. The van der Waals surface area contributed by atoms with E-state index in [0.717, 1.165) is 0 Å². The molecule has 0 bridgehead atoms. The Morgan fingerprint density at radius 1 is 1.47 bits per heavy atom. The van der Waals surface area contributed by atoms with E-state index in [0.29, 0.717) is 6.54 Å². The first-order valence-corrected chi connectivity index (χ1v) is 5.13. The van der Waals surface area contributed by atoms with Crippen LogP contribution in [0.5, 0.6) is 0 Å². The van der Waals surface area contributed by atoms with Crippen LogP contribution < -0.4 is 16.8 Å². The normalized spacial score (nSPS) is 26.5. The first-order valence-electron chi connectivity index (χ1n) is 5.13. The molecule has 3 amide bonds. The topological polar surface area (TPSA) is 139 Å². The van der Waals surface area contributed by atoms with Gasteiger partial charge in [0, 0.05) is 13.1 Å². The average molecular weight is 244 g/mol. The molecular weight excluding hydrogens is 228 g/mol. The van der Waals surface area contributed by atoms with Gasteiger partial charge in [-0.15, -0.1) is 0 Å². The Hall–Kier alpha value is -1.67. The smallest absolute Gasteiger partial charge is 0.325 e. The van der Waals surface area contributed by atoms with E-state index in [1.807, 2.05) is 5.32 Å². The molecule has 0 aromatic heterocycles. The number of carbonyl (C=O) groups is 3. The molecule has 2 atom stereocenters. The number of hydrogen-bond donors (Lipinski definition) is 4. The Balaban J connectivity index is 2.62. The van der Waals surface area contributed by atoms with E-state index in [2.05, 4.69) is 0 Å². The zero-order valence-electron chi connectivity index (χ0n) is 9.47. The summed E-state index contributed by atoms with van der Waals surface area (Å²) < 4.78 is 0. The number of carboxylic acid groups (broad SMARTS) is 1. The molecule has 0 spiro atoms. The van der Waals surface area contributed by atoms with Gasteiger partial charge < -0.3 is 16.6 Å². The van der Waals surface area contributed by atoms with Crippen LogP contribution >= 0.6 is 0 Å². The number of amides is 3. The molecule has 0 aromatic carbocycles. The molecule has 0 saturated carbocycles. The second-order valence-electron chi connectivity index (χ2n) is 4.21. The van der Waals surface area contributed by atoms with Crippen LogP contribution in [0.1, 0.15) is 13.3 Å². The molecule has 1 heterocycles. The third kappa shape index (κ3) is 2.92. The highest BCUT2D eigenvalue weighted by molar-refractivity contribution is 5.96. The third-order valence-corrected chi connectivity index (χ3v) is 2.93. The van der Waals surface area contributed by atoms with E-state index in [1.54, 1.807) is 11.8 Å². The summed E-state index contributed by atoms with van der Waals surface area (Å²) in [5.74, 6) is -1.66. The van der Waals surface area contributed by atoms with Crippen molar-refractivity contribution in [1.82, 2.24) is 10.2 Å². The van der Waals surface area contributed by atoms with Gasteiger partial charge in [-0.3, -0.25) is 19.8 Å². The third-order valence-electron chi connectivity index (χ3n) is 2.93. The number of imide groups is 1. The molecule has 8 nitrogen and oxygen atoms in total. The predicted molar refractivity (Wildman–Crippen MR) is 57.9 cm³/mol. The van der Waals surface area contributed by atoms with Gasteiger partial charge in [0.25, 0.3) is 0 Å². The standard InChI is InChI=1S/C9H16N4O4/c1-5(6(14)12-8(10)17)13-3-2-9(11,4-13)7(15)16/h5H,2-4,11H2,1H3,(H,15,16)(H3,10,12,14,17). The second-order valence-corrected chi connectivity index (χ2v) is 4.21. The van der Waals surface area contributed by atoms with E-state index in [-0.39, 0.29) is 13.0 Å². The van der Waals surface area contributed by atoms with Gasteiger partial charge in [0.2, 0.25) is 5.91 Å². The molecule has 1 aliphatic heterocycles. The van der Waals surface area contributed by atoms with Crippen molar-refractivity contribution in [2.75, 3.05) is 13.1 Å². The lowest BCUT2D eigenvalue weighted by atomic mass is 10.0. The highest BCUT2D eigenvalue weighted by Gasteiger charge is 2.43. The summed E-state index contributed by atoms with van der Waals surface area (Å²) in [5.41, 5.74) is 9.16. The monoisotopic (exact) mass is 244 g/mol. The molecule has 1 fully saturated rings. The molecule has 1 saturated heterocycles. The van der Waals surface area contributed by atoms with Crippen molar-refractivity contribution >= 4 is 17.9 Å². The van der Waals surface area contributed by atoms with Crippen LogP contribution in [0.3, 0.4) is 0 Å². The van der Waals surface area contributed by atoms with Gasteiger partial charge in [0.05, 0.1) is 6.04 Å². The summed E-state index contributed by atoms with van der Waals surface area (Å²) in [6.07, 6.45) is 0.260. The first-order chi connectivity index (χ1) is 7.76. The largest absolute Gasteiger partial charge is 0.480 e. The zero-order chi connectivity index (χ0) is 13.2. The van der Waals surface area contributed by atoms with Crippen LogP contribution in [0.25, 0.3) is 0 Å². The number of nitrogens with one attached hydrogen (secondary N) is 1. The maximum Gasteiger partial charge on any atom is 0.325 e. The molecule has 0 aromatic rings. The molecule has 1 rings (SSSR count). The number of urea groups is 1. The lowest BCUT2D eigenvalue weighted by Crippen LogP contribution is -2.53. The molecule has 0 radical (unpaired) electrons. The van der Waals surface area contributed by atoms with E-state index < -0.39 is 29.5 Å². The lowest BCUT2D eigenvalue weighted by Gasteiger charge is -2.24. The molecule has 1 aliphatic rings. The SMILES string of the molecule is CC(C(=O)NC(N)=O)N1CCC(N)(C(=O)O)C1. The van der Waals surface area contributed by atoms with Gasteiger partial charge in [-0.25, -0.2) is 4.79 Å². The van der Waals surface area contributed by atoms with E-state index >= 15 is 0 Å². The maximum absolute atomic E-state index is 11.5. The number of primary amides is 1. The van der Waals surface area contributed by atoms with Crippen molar-refractivity contribution in [3.8, 4) is 0 Å². The van der Waals surface area contributed by atoms with Crippen molar-refractivity contribution in [2.24, 2.45) is 11.5 Å². The average Bonchev–Trinajstić information content (AvgIpc) is 2.60. The van der Waals surface area contributed by atoms with E-state index in [9.17, 15) is 14.4 Å². The van der Waals surface area contributed by atoms with Crippen LogP contribution in [-0.4, -0.2) is 52.6 Å². The number of hydrogen-bond acceptors (Lipinski definition) is 5. The number of aliphatic carboxylic acids is 1. The minimum atomic E-state index is -1.33. The zero-order valence-corrected chi connectivity index (χ0v) is 9.47. The molecule has 0 aliphatic carbocycles. The van der Waals surface area contributed by atoms with Gasteiger partial charge in [-0.2, -0.15) is 0 Å². The predicted octanol–water partition coefficient (Wildman–Crippen LogP) is -1.94. The fraction of sp³-hybridized carbons (Fsp3) is 0.667. The molecule has 2 unspecified atom stereocenters. The summed E-state index contributed by atoms with van der Waals surface area (Å²) >= 11 is 0. The van der Waals surface area contributed by atoms with Crippen molar-refractivity contribution < 1.29 is 19.5 Å². The summed E-state index contributed by atoms with van der Waals surface area (Å²) in [7, 11) is 0. The van der Waals surface area contributed by atoms with Crippen LogP contribution in [-0.2, 0) is 9.59 Å². The van der Waals surface area contributed by atoms with Gasteiger partial charge in [-0.05, 0) is 13.3 Å². The molecular formula is C9H16N4O4. The molecule has 6 N–H and O–H groups in total. The Morgan fingerprint density at radius 2 is 2.06 bits per heavy atom. The Kier molecular flexibility index (Phi) is 3.69. The number of carbonyl (C=O) groups excluding carboxylic acids is 2. The maximum atomic E-state index is 11.5. The van der Waals surface area contributed by atoms with Gasteiger partial charge >= 0.3 is 12.0 Å². The van der Waals surface area contributed by atoms with E-state index in [4.69, 9.17) is 16.6 Å². The highest BCUT2D eigenvalue weighted by atomic mass is 16.4. The van der Waals surface area contributed by atoms with Crippen LogP contribution in [0.15, 0.2) is 0 Å². The van der Waals surface area contributed by atoms with Gasteiger partial charge in [-0.1, -0.05) is 0 Å². The van der Waals surface area contributed by atoms with Crippen molar-refractivity contribution in [3.63, 3.8) is 0 Å². The Labute approximate surface area is 97.9 Å². The Morgan fingerprint density at radius 3 is 2.47 bits per heavy atom. The minimum Gasteiger partial charge on any atom is -0.480 e. The van der Waals surface area contributed by atoms with Crippen molar-refractivity contribution in [2.45, 2.75) is 24.9 Å². The summed E-state index contributed by atoms with van der Waals surface area (Å²) in [6.45, 7) is 2.01. The summed E-state index contributed by atoms with van der Waals surface area (Å²) in [4.78, 5) is 34.5. The van der Waals surface area contributed by atoms with Crippen LogP contribution in [0, 0.1) is 0 Å². The number of likely N-dealkylation sites (tertiary alicyclic amines) is 1. The fourth-order valence-corrected chi connectivity index (χ4v) is 1.76. The number of carboxylic acids is 1. The van der Waals surface area contributed by atoms with Crippen molar-refractivity contribution in [3.05, 3.63) is 0 Å². The van der Waals surface area contributed by atoms with E-state index in [1.165, 1.54) is 0 Å². The highest BCUT2D eigenvalue weighted by Crippen LogP contribution is 2.21. The van der Waals surface area contributed by atoms with Crippen molar-refractivity contribution in [1.29, 1.82) is 0 Å². The van der Waals surface area contributed by atoms with Gasteiger partial charge in [0.1, 0.15) is 5.54 Å². The van der Waals surface area contributed by atoms with Gasteiger partial charge in [0.15, 0.2) is 0 Å². The Bertz CT molecular complexity index is 359. The molecule has 17 heavy (non-hydrogen) atoms. The number of nitrogens with two attached hydrogens (primary N) is 2. The fourth-order valence-electron chi connectivity index (χ4n) is 1.76. The second kappa shape index (κ2) is 4.68. The lowest BCUT2D eigenvalue weighted by molar-refractivity contribution is -0.143. The molecule has 8 heteroatoms. The quantitative estimate of drug-likeness (QED) is 0.455. The summed E-state index contributed by atoms with van der Waals surface area (Å²) in [5, 5.41) is 10.9. The first kappa shape index (κ1) is 13.4. The molecule has 96 valence electrons.